The van der Waals surface area contributed by atoms with Crippen LogP contribution >= 0.6 is 0 Å². The third-order valence-electron chi connectivity index (χ3n) is 4.70. The van der Waals surface area contributed by atoms with Crippen molar-refractivity contribution in [3.05, 3.63) is 35.4 Å². The molecular formula is C19H22F2N4O2. The summed E-state index contributed by atoms with van der Waals surface area (Å²) in [7, 11) is 0. The van der Waals surface area contributed by atoms with Gasteiger partial charge in [-0.3, -0.25) is 0 Å². The fourth-order valence-corrected chi connectivity index (χ4v) is 3.35. The summed E-state index contributed by atoms with van der Waals surface area (Å²) in [5.74, 6) is 3.95. The molecule has 1 atom stereocenters. The highest BCUT2D eigenvalue weighted by Gasteiger charge is 2.39. The van der Waals surface area contributed by atoms with Gasteiger partial charge in [0.2, 0.25) is 0 Å². The van der Waals surface area contributed by atoms with Crippen molar-refractivity contribution < 1.29 is 18.4 Å². The largest absolute Gasteiger partial charge is 0.351 e. The van der Waals surface area contributed by atoms with Crippen LogP contribution in [0.15, 0.2) is 18.2 Å². The average molecular weight is 376 g/mol. The zero-order valence-electron chi connectivity index (χ0n) is 14.9. The molecule has 0 aromatic heterocycles. The van der Waals surface area contributed by atoms with Crippen LogP contribution in [-0.4, -0.2) is 53.6 Å². The van der Waals surface area contributed by atoms with E-state index in [-0.39, 0.29) is 30.2 Å². The molecule has 1 aromatic carbocycles. The molecule has 1 saturated heterocycles. The van der Waals surface area contributed by atoms with Crippen molar-refractivity contribution >= 4 is 12.1 Å². The number of nitrogens with one attached hydrogen (secondary N) is 1. The van der Waals surface area contributed by atoms with Crippen LogP contribution < -0.4 is 11.1 Å². The number of nitrogens with two attached hydrogens (primary N) is 1. The number of benzene rings is 1. The minimum absolute atomic E-state index is 0.0619. The summed E-state index contributed by atoms with van der Waals surface area (Å²) in [6.07, 6.45) is 3.50. The van der Waals surface area contributed by atoms with Crippen LogP contribution in [0.1, 0.15) is 31.2 Å². The van der Waals surface area contributed by atoms with Gasteiger partial charge in [0, 0.05) is 30.8 Å². The second-order valence-corrected chi connectivity index (χ2v) is 6.84. The van der Waals surface area contributed by atoms with E-state index in [0.717, 1.165) is 43.9 Å². The van der Waals surface area contributed by atoms with Crippen molar-refractivity contribution in [3.8, 4) is 11.8 Å². The molecule has 144 valence electrons. The standard InChI is InChI=1S/C19H22F2N4O2/c20-14-9-13(10-15(21)11-14)3-1-7-23-19(27)25(16-5-6-16)17-4-2-8-24(12-17)18(22)26/h9-11,16-17H,2,4-8,12H2,(H2,22,26)(H,23,27)/t17-/m1/s1. The van der Waals surface area contributed by atoms with Crippen LogP contribution in [-0.2, 0) is 0 Å². The molecule has 27 heavy (non-hydrogen) atoms. The van der Waals surface area contributed by atoms with Crippen LogP contribution in [0.2, 0.25) is 0 Å². The predicted octanol–water partition coefficient (Wildman–Crippen LogP) is 2.03. The van der Waals surface area contributed by atoms with E-state index in [9.17, 15) is 18.4 Å². The van der Waals surface area contributed by atoms with Gasteiger partial charge in [-0.15, -0.1) is 0 Å². The van der Waals surface area contributed by atoms with Gasteiger partial charge in [-0.1, -0.05) is 11.8 Å². The van der Waals surface area contributed by atoms with E-state index < -0.39 is 17.7 Å². The molecule has 8 heteroatoms. The fraction of sp³-hybridized carbons (Fsp3) is 0.474. The number of rotatable bonds is 3. The highest BCUT2D eigenvalue weighted by atomic mass is 19.1. The Balaban J connectivity index is 1.58. The lowest BCUT2D eigenvalue weighted by atomic mass is 10.0. The lowest BCUT2D eigenvalue weighted by molar-refractivity contribution is 0.119. The van der Waals surface area contributed by atoms with Crippen LogP contribution in [0.3, 0.4) is 0 Å². The molecule has 4 amide bonds. The van der Waals surface area contributed by atoms with Gasteiger partial charge in [0.1, 0.15) is 11.6 Å². The van der Waals surface area contributed by atoms with Gasteiger partial charge in [0.25, 0.3) is 0 Å². The quantitative estimate of drug-likeness (QED) is 0.792. The Labute approximate surface area is 156 Å². The number of hydrogen-bond acceptors (Lipinski definition) is 2. The van der Waals surface area contributed by atoms with E-state index in [2.05, 4.69) is 17.2 Å². The third kappa shape index (κ3) is 5.09. The van der Waals surface area contributed by atoms with Crippen molar-refractivity contribution in [2.75, 3.05) is 19.6 Å². The first-order valence-electron chi connectivity index (χ1n) is 8.99. The lowest BCUT2D eigenvalue weighted by Gasteiger charge is -2.38. The molecule has 2 aliphatic rings. The van der Waals surface area contributed by atoms with E-state index in [4.69, 9.17) is 5.73 Å². The molecule has 1 heterocycles. The summed E-state index contributed by atoms with van der Waals surface area (Å²) in [5, 5.41) is 2.74. The molecule has 0 radical (unpaired) electrons. The monoisotopic (exact) mass is 376 g/mol. The molecule has 6 nitrogen and oxygen atoms in total. The molecule has 2 fully saturated rings. The van der Waals surface area contributed by atoms with Gasteiger partial charge in [0.15, 0.2) is 0 Å². The minimum atomic E-state index is -0.695. The maximum absolute atomic E-state index is 13.1. The van der Waals surface area contributed by atoms with Crippen LogP contribution in [0.4, 0.5) is 18.4 Å². The molecule has 1 aromatic rings. The minimum Gasteiger partial charge on any atom is -0.351 e. The van der Waals surface area contributed by atoms with Crippen LogP contribution in [0, 0.1) is 23.5 Å². The molecular weight excluding hydrogens is 354 g/mol. The third-order valence-corrected chi connectivity index (χ3v) is 4.70. The first kappa shape index (κ1) is 19.0. The predicted molar refractivity (Wildman–Crippen MR) is 95.7 cm³/mol. The molecule has 0 bridgehead atoms. The van der Waals surface area contributed by atoms with Crippen molar-refractivity contribution in [2.24, 2.45) is 5.73 Å². The number of likely N-dealkylation sites (tertiary alicyclic amines) is 1. The molecule has 1 saturated carbocycles. The molecule has 0 unspecified atom stereocenters. The van der Waals surface area contributed by atoms with Gasteiger partial charge in [-0.25, -0.2) is 18.4 Å². The van der Waals surface area contributed by atoms with E-state index in [1.807, 2.05) is 0 Å². The van der Waals surface area contributed by atoms with Crippen molar-refractivity contribution in [2.45, 2.75) is 37.8 Å². The van der Waals surface area contributed by atoms with E-state index in [1.165, 1.54) is 0 Å². The van der Waals surface area contributed by atoms with Crippen LogP contribution in [0.25, 0.3) is 0 Å². The first-order chi connectivity index (χ1) is 12.9. The number of carbonyl (C=O) groups excluding carboxylic acids is 2. The maximum Gasteiger partial charge on any atom is 0.318 e. The van der Waals surface area contributed by atoms with E-state index >= 15 is 0 Å². The maximum atomic E-state index is 13.1. The van der Waals surface area contributed by atoms with Crippen molar-refractivity contribution in [3.63, 3.8) is 0 Å². The van der Waals surface area contributed by atoms with Gasteiger partial charge in [0.05, 0.1) is 12.6 Å². The lowest BCUT2D eigenvalue weighted by Crippen LogP contribution is -2.55. The normalized spacial score (nSPS) is 19.0. The van der Waals surface area contributed by atoms with Crippen molar-refractivity contribution in [1.29, 1.82) is 0 Å². The summed E-state index contributed by atoms with van der Waals surface area (Å²) < 4.78 is 26.3. The molecule has 1 aliphatic carbocycles. The number of nitrogens with zero attached hydrogens (tertiary/aromatic N) is 2. The Morgan fingerprint density at radius 2 is 1.89 bits per heavy atom. The number of primary amides is 1. The molecule has 1 aliphatic heterocycles. The highest BCUT2D eigenvalue weighted by Crippen LogP contribution is 2.31. The Morgan fingerprint density at radius 3 is 2.52 bits per heavy atom. The number of piperidine rings is 1. The SMILES string of the molecule is NC(=O)N1CCC[C@@H](N(C(=O)NCC#Cc2cc(F)cc(F)c2)C2CC2)C1. The molecule has 0 spiro atoms. The number of hydrogen-bond donors (Lipinski definition) is 2. The van der Waals surface area contributed by atoms with E-state index in [1.54, 1.807) is 9.80 Å². The number of amides is 4. The highest BCUT2D eigenvalue weighted by molar-refractivity contribution is 5.76. The summed E-state index contributed by atoms with van der Waals surface area (Å²) in [6, 6.07) is 2.44. The van der Waals surface area contributed by atoms with Gasteiger partial charge >= 0.3 is 12.1 Å². The summed E-state index contributed by atoms with van der Waals surface area (Å²) in [4.78, 5) is 27.4. The summed E-state index contributed by atoms with van der Waals surface area (Å²) in [5.41, 5.74) is 5.58. The molecule has 3 rings (SSSR count). The van der Waals surface area contributed by atoms with E-state index in [0.29, 0.717) is 13.1 Å². The number of halogens is 2. The smallest absolute Gasteiger partial charge is 0.318 e. The second-order valence-electron chi connectivity index (χ2n) is 6.84. The summed E-state index contributed by atoms with van der Waals surface area (Å²) in [6.45, 7) is 1.11. The van der Waals surface area contributed by atoms with Gasteiger partial charge in [-0.2, -0.15) is 0 Å². The van der Waals surface area contributed by atoms with Crippen LogP contribution in [0.5, 0.6) is 0 Å². The Hall–Kier alpha value is -2.82. The Kier molecular flexibility index (Phi) is 5.79. The number of urea groups is 2. The zero-order valence-corrected chi connectivity index (χ0v) is 14.9. The summed E-state index contributed by atoms with van der Waals surface area (Å²) >= 11 is 0. The topological polar surface area (TPSA) is 78.7 Å². The Morgan fingerprint density at radius 1 is 1.19 bits per heavy atom. The average Bonchev–Trinajstić information content (AvgIpc) is 3.43. The fourth-order valence-electron chi connectivity index (χ4n) is 3.35. The zero-order chi connectivity index (χ0) is 19.4. The Bertz CT molecular complexity index is 765. The number of carbonyl (C=O) groups is 2. The molecule has 3 N–H and O–H groups in total. The van der Waals surface area contributed by atoms with Gasteiger partial charge in [-0.05, 0) is 37.8 Å². The first-order valence-corrected chi connectivity index (χ1v) is 8.99. The van der Waals surface area contributed by atoms with Gasteiger partial charge < -0.3 is 20.9 Å². The van der Waals surface area contributed by atoms with Crippen molar-refractivity contribution in [1.82, 2.24) is 15.1 Å². The second kappa shape index (κ2) is 8.25.